The number of phosphoric acid groups is 1. The molecule has 10 heteroatoms. The third kappa shape index (κ3) is 60.1. The zero-order valence-electron chi connectivity index (χ0n) is 52.8. The first kappa shape index (κ1) is 76.7. The molecule has 0 aromatic carbocycles. The van der Waals surface area contributed by atoms with E-state index in [1.165, 1.54) is 193 Å². The molecule has 1 N–H and O–H groups in total. The van der Waals surface area contributed by atoms with Crippen LogP contribution >= 0.6 is 7.82 Å². The van der Waals surface area contributed by atoms with Crippen LogP contribution in [0.15, 0.2) is 60.8 Å². The molecule has 0 rings (SSSR count). The second-order valence-corrected chi connectivity index (χ2v) is 25.4. The maximum absolute atomic E-state index is 13.5. The number of nitrogens with zero attached hydrogens (tertiary/aromatic N) is 1. The van der Waals surface area contributed by atoms with Crippen molar-refractivity contribution in [2.24, 2.45) is 0 Å². The van der Waals surface area contributed by atoms with Crippen LogP contribution in [0.2, 0.25) is 0 Å². The van der Waals surface area contributed by atoms with Gasteiger partial charge in [-0.2, -0.15) is 0 Å². The molecule has 1 amide bonds. The van der Waals surface area contributed by atoms with E-state index in [-0.39, 0.29) is 31.5 Å². The Hall–Kier alpha value is -2.29. The van der Waals surface area contributed by atoms with E-state index in [0.717, 1.165) is 89.9 Å². The average molecular weight is 1130 g/mol. The molecule has 79 heavy (non-hydrogen) atoms. The predicted octanol–water partition coefficient (Wildman–Crippen LogP) is 20.4. The number of hydrogen-bond donors (Lipinski definition) is 1. The zero-order valence-corrected chi connectivity index (χ0v) is 53.7. The van der Waals surface area contributed by atoms with Crippen molar-refractivity contribution in [2.75, 3.05) is 40.9 Å². The van der Waals surface area contributed by atoms with Crippen molar-refractivity contribution in [3.8, 4) is 0 Å². The standard InChI is InChI=1S/C69H129N2O7P/c1-7-10-13-16-19-22-25-27-29-31-32-33-34-35-36-37-38-40-42-44-47-50-53-56-59-62-69(73)78-67(60-57-54-51-48-45-24-21-18-15-12-9-3)66(65-77-79(74,75)76-64-63-71(4,5)6)70-68(72)61-58-55-52-49-46-43-41-39-30-28-26-23-20-17-14-11-8-2/h19,22,27,29,32-33,35-36,57,60,66-67H,7-18,20-21,23-26,28,30-31,34,37-56,58-59,61-65H2,1-6H3,(H-,70,72,74,75)/b22-19-,29-27-,33-32-,36-35-,60-57+. The molecule has 0 fully saturated rings. The van der Waals surface area contributed by atoms with Crippen LogP contribution in [0.1, 0.15) is 316 Å². The topological polar surface area (TPSA) is 114 Å². The number of carbonyl (C=O) groups is 2. The lowest BCUT2D eigenvalue weighted by atomic mass is 10.0. The molecular formula is C69H129N2O7P. The lowest BCUT2D eigenvalue weighted by molar-refractivity contribution is -0.870. The monoisotopic (exact) mass is 1130 g/mol. The second kappa shape index (κ2) is 58.9. The minimum absolute atomic E-state index is 0.0228. The summed E-state index contributed by atoms with van der Waals surface area (Å²) in [6, 6.07) is -0.890. The molecule has 0 radical (unpaired) electrons. The summed E-state index contributed by atoms with van der Waals surface area (Å²) in [5, 5.41) is 3.04. The summed E-state index contributed by atoms with van der Waals surface area (Å²) in [6.45, 7) is 6.84. The summed E-state index contributed by atoms with van der Waals surface area (Å²) in [7, 11) is 1.19. The Balaban J connectivity index is 5.08. The number of ether oxygens (including phenoxy) is 1. The van der Waals surface area contributed by atoms with Crippen molar-refractivity contribution in [2.45, 2.75) is 328 Å². The molecule has 0 aliphatic rings. The largest absolute Gasteiger partial charge is 0.756 e. The van der Waals surface area contributed by atoms with Gasteiger partial charge in [0, 0.05) is 12.8 Å². The van der Waals surface area contributed by atoms with Crippen molar-refractivity contribution in [3.63, 3.8) is 0 Å². The maximum atomic E-state index is 13.5. The number of phosphoric ester groups is 1. The molecule has 0 aromatic heterocycles. The highest BCUT2D eigenvalue weighted by Gasteiger charge is 2.27. The molecule has 3 unspecified atom stereocenters. The number of carbonyl (C=O) groups excluding carboxylic acids is 2. The van der Waals surface area contributed by atoms with Crippen molar-refractivity contribution in [3.05, 3.63) is 60.8 Å². The molecule has 0 bridgehead atoms. The average Bonchev–Trinajstić information content (AvgIpc) is 3.41. The van der Waals surface area contributed by atoms with Gasteiger partial charge < -0.3 is 28.5 Å². The van der Waals surface area contributed by atoms with Crippen LogP contribution < -0.4 is 10.2 Å². The number of amides is 1. The quantitative estimate of drug-likeness (QED) is 0.0212. The Morgan fingerprint density at radius 1 is 0.443 bits per heavy atom. The summed E-state index contributed by atoms with van der Waals surface area (Å²) in [5.41, 5.74) is 0. The molecule has 0 aliphatic heterocycles. The third-order valence-electron chi connectivity index (χ3n) is 15.0. The Morgan fingerprint density at radius 2 is 0.772 bits per heavy atom. The van der Waals surface area contributed by atoms with E-state index in [1.54, 1.807) is 0 Å². The molecule has 0 aliphatic carbocycles. The van der Waals surface area contributed by atoms with Crippen molar-refractivity contribution >= 4 is 19.7 Å². The number of quaternary nitrogens is 1. The lowest BCUT2D eigenvalue weighted by Gasteiger charge is -2.30. The highest BCUT2D eigenvalue weighted by atomic mass is 31.2. The highest BCUT2D eigenvalue weighted by Crippen LogP contribution is 2.38. The normalized spacial score (nSPS) is 14.0. The first-order valence-corrected chi connectivity index (χ1v) is 35.1. The fourth-order valence-electron chi connectivity index (χ4n) is 9.74. The zero-order chi connectivity index (χ0) is 57.9. The minimum atomic E-state index is -4.70. The molecule has 0 spiro atoms. The first-order valence-electron chi connectivity index (χ1n) is 33.6. The fourth-order valence-corrected chi connectivity index (χ4v) is 10.5. The van der Waals surface area contributed by atoms with Crippen LogP contribution in [-0.2, 0) is 27.9 Å². The minimum Gasteiger partial charge on any atom is -0.756 e. The number of esters is 1. The summed E-state index contributed by atoms with van der Waals surface area (Å²) < 4.78 is 30.4. The van der Waals surface area contributed by atoms with Gasteiger partial charge >= 0.3 is 5.97 Å². The van der Waals surface area contributed by atoms with Gasteiger partial charge in [0.05, 0.1) is 33.8 Å². The van der Waals surface area contributed by atoms with Gasteiger partial charge in [-0.3, -0.25) is 14.2 Å². The van der Waals surface area contributed by atoms with E-state index in [4.69, 9.17) is 13.8 Å². The van der Waals surface area contributed by atoms with Gasteiger partial charge in [0.15, 0.2) is 0 Å². The van der Waals surface area contributed by atoms with Crippen molar-refractivity contribution in [1.29, 1.82) is 0 Å². The highest BCUT2D eigenvalue weighted by molar-refractivity contribution is 7.45. The van der Waals surface area contributed by atoms with Gasteiger partial charge in [0.1, 0.15) is 19.3 Å². The molecule has 9 nitrogen and oxygen atoms in total. The maximum Gasteiger partial charge on any atom is 0.306 e. The van der Waals surface area contributed by atoms with Crippen LogP contribution in [0.3, 0.4) is 0 Å². The number of nitrogens with one attached hydrogen (secondary N) is 1. The van der Waals surface area contributed by atoms with Gasteiger partial charge in [-0.05, 0) is 76.7 Å². The van der Waals surface area contributed by atoms with E-state index < -0.39 is 20.0 Å². The molecule has 462 valence electrons. The van der Waals surface area contributed by atoms with E-state index in [0.29, 0.717) is 17.4 Å². The van der Waals surface area contributed by atoms with Gasteiger partial charge in [0.25, 0.3) is 7.82 Å². The lowest BCUT2D eigenvalue weighted by Crippen LogP contribution is -2.47. The Morgan fingerprint density at radius 3 is 1.18 bits per heavy atom. The van der Waals surface area contributed by atoms with Crippen LogP contribution in [0.25, 0.3) is 0 Å². The van der Waals surface area contributed by atoms with Gasteiger partial charge in [-0.1, -0.05) is 287 Å². The molecule has 0 saturated carbocycles. The van der Waals surface area contributed by atoms with Crippen molar-refractivity contribution in [1.82, 2.24) is 5.32 Å². The predicted molar refractivity (Wildman–Crippen MR) is 339 cm³/mol. The summed E-state index contributed by atoms with van der Waals surface area (Å²) >= 11 is 0. The molecule has 0 heterocycles. The van der Waals surface area contributed by atoms with Gasteiger partial charge in [0.2, 0.25) is 5.91 Å². The van der Waals surface area contributed by atoms with Gasteiger partial charge in [-0.15, -0.1) is 0 Å². The van der Waals surface area contributed by atoms with Crippen LogP contribution in [0.5, 0.6) is 0 Å². The van der Waals surface area contributed by atoms with Crippen LogP contribution in [0, 0.1) is 0 Å². The van der Waals surface area contributed by atoms with Crippen molar-refractivity contribution < 1.29 is 37.3 Å². The van der Waals surface area contributed by atoms with Crippen LogP contribution in [0.4, 0.5) is 0 Å². The Bertz CT molecular complexity index is 1540. The summed E-state index contributed by atoms with van der Waals surface area (Å²) in [6.07, 6.45) is 74.7. The molecule has 0 aromatic rings. The smallest absolute Gasteiger partial charge is 0.306 e. The Kier molecular flexibility index (Phi) is 57.2. The summed E-state index contributed by atoms with van der Waals surface area (Å²) in [4.78, 5) is 40.1. The summed E-state index contributed by atoms with van der Waals surface area (Å²) in [5.74, 6) is -0.537. The molecular weight excluding hydrogens is 1000 g/mol. The van der Waals surface area contributed by atoms with E-state index in [1.807, 2.05) is 33.3 Å². The number of rotatable bonds is 61. The van der Waals surface area contributed by atoms with Crippen LogP contribution in [-0.4, -0.2) is 69.4 Å². The molecule has 3 atom stereocenters. The number of allylic oxidation sites excluding steroid dienone is 9. The first-order chi connectivity index (χ1) is 38.4. The fraction of sp³-hybridized carbons (Fsp3) is 0.826. The third-order valence-corrected chi connectivity index (χ3v) is 15.9. The second-order valence-electron chi connectivity index (χ2n) is 24.0. The van der Waals surface area contributed by atoms with E-state index in [9.17, 15) is 19.0 Å². The molecule has 0 saturated heterocycles. The van der Waals surface area contributed by atoms with Gasteiger partial charge in [-0.25, -0.2) is 0 Å². The SMILES string of the molecule is CCCCC/C=C\C/C=C\C/C=C\C/C=C\CCCCCCCCCCCC(=O)OC(/C=C/CCCCCCCCCCC)C(COP(=O)([O-])OCC[N+](C)(C)C)NC(=O)CCCCCCCCCCCCCCCCCCC. The van der Waals surface area contributed by atoms with E-state index >= 15 is 0 Å². The number of likely N-dealkylation sites (N-methyl/N-ethyl adjacent to an activating group) is 1. The van der Waals surface area contributed by atoms with E-state index in [2.05, 4.69) is 74.7 Å². The Labute approximate surface area is 490 Å². The number of hydrogen-bond acceptors (Lipinski definition) is 7. The number of unbranched alkanes of at least 4 members (excludes halogenated alkanes) is 37.